The third kappa shape index (κ3) is 8.05. The first-order valence-electron chi connectivity index (χ1n) is 11.4. The number of rotatable bonds is 9. The van der Waals surface area contributed by atoms with Crippen molar-refractivity contribution in [2.75, 3.05) is 60.5 Å². The van der Waals surface area contributed by atoms with E-state index in [1.54, 1.807) is 14.2 Å². The molecule has 174 valence electrons. The van der Waals surface area contributed by atoms with E-state index >= 15 is 0 Å². The molecule has 0 amide bonds. The van der Waals surface area contributed by atoms with Crippen molar-refractivity contribution in [1.82, 2.24) is 20.4 Å². The Morgan fingerprint density at radius 3 is 2.34 bits per heavy atom. The Kier molecular flexibility index (Phi) is 9.65. The van der Waals surface area contributed by atoms with Crippen molar-refractivity contribution in [2.45, 2.75) is 19.5 Å². The van der Waals surface area contributed by atoms with Gasteiger partial charge in [-0.1, -0.05) is 24.3 Å². The summed E-state index contributed by atoms with van der Waals surface area (Å²) >= 11 is 0. The maximum Gasteiger partial charge on any atom is 0.191 e. The van der Waals surface area contributed by atoms with Crippen molar-refractivity contribution in [2.24, 2.45) is 4.99 Å². The van der Waals surface area contributed by atoms with Crippen LogP contribution in [-0.2, 0) is 13.1 Å². The summed E-state index contributed by atoms with van der Waals surface area (Å²) in [7, 11) is 5.64. The second-order valence-corrected chi connectivity index (χ2v) is 8.13. The third-order valence-corrected chi connectivity index (χ3v) is 5.65. The number of hydrogen-bond donors (Lipinski definition) is 2. The first-order valence-corrected chi connectivity index (χ1v) is 11.4. The first-order chi connectivity index (χ1) is 15.7. The van der Waals surface area contributed by atoms with Crippen molar-refractivity contribution >= 4 is 5.96 Å². The van der Waals surface area contributed by atoms with E-state index in [1.807, 2.05) is 24.3 Å². The molecule has 1 saturated heterocycles. The molecule has 32 heavy (non-hydrogen) atoms. The number of nitrogens with one attached hydrogen (secondary N) is 2. The second kappa shape index (κ2) is 12.9. The number of guanidine groups is 1. The molecule has 0 unspecified atom stereocenters. The normalized spacial score (nSPS) is 15.8. The first kappa shape index (κ1) is 23.9. The average molecular weight is 440 g/mol. The SMILES string of the molecule is CN=C(NCCOc1ccc(OC)cc1)NCc1ccc(CN2CCCN(C)CC2)cc1. The lowest BCUT2D eigenvalue weighted by Crippen LogP contribution is -2.38. The Morgan fingerprint density at radius 1 is 0.906 bits per heavy atom. The quantitative estimate of drug-likeness (QED) is 0.356. The minimum atomic E-state index is 0.550. The van der Waals surface area contributed by atoms with Gasteiger partial charge in [0.2, 0.25) is 0 Å². The van der Waals surface area contributed by atoms with Crippen molar-refractivity contribution < 1.29 is 9.47 Å². The minimum absolute atomic E-state index is 0.550. The highest BCUT2D eigenvalue weighted by Gasteiger charge is 2.12. The van der Waals surface area contributed by atoms with Crippen LogP contribution >= 0.6 is 0 Å². The van der Waals surface area contributed by atoms with Crippen LogP contribution < -0.4 is 20.1 Å². The Bertz CT molecular complexity index is 823. The van der Waals surface area contributed by atoms with Gasteiger partial charge >= 0.3 is 0 Å². The standard InChI is InChI=1S/C25H37N5O2/c1-26-25(27-13-18-32-24-11-9-23(31-3)10-12-24)28-19-21-5-7-22(8-6-21)20-30-15-4-14-29(2)16-17-30/h5-12H,4,13-20H2,1-3H3,(H2,26,27,28). The van der Waals surface area contributed by atoms with E-state index in [0.717, 1.165) is 43.6 Å². The van der Waals surface area contributed by atoms with Gasteiger partial charge in [0.05, 0.1) is 13.7 Å². The Labute approximate surface area is 192 Å². The molecule has 7 nitrogen and oxygen atoms in total. The van der Waals surface area contributed by atoms with E-state index in [4.69, 9.17) is 9.47 Å². The number of ether oxygens (including phenoxy) is 2. The summed E-state index contributed by atoms with van der Waals surface area (Å²) in [6.45, 7) is 7.64. The largest absolute Gasteiger partial charge is 0.497 e. The van der Waals surface area contributed by atoms with Crippen molar-refractivity contribution in [3.63, 3.8) is 0 Å². The number of likely N-dealkylation sites (N-methyl/N-ethyl adjacent to an activating group) is 1. The molecule has 0 bridgehead atoms. The zero-order chi connectivity index (χ0) is 22.6. The number of nitrogens with zero attached hydrogens (tertiary/aromatic N) is 3. The zero-order valence-corrected chi connectivity index (χ0v) is 19.6. The highest BCUT2D eigenvalue weighted by atomic mass is 16.5. The number of benzene rings is 2. The van der Waals surface area contributed by atoms with E-state index in [0.29, 0.717) is 13.2 Å². The van der Waals surface area contributed by atoms with Gasteiger partial charge in [-0.3, -0.25) is 9.89 Å². The summed E-state index contributed by atoms with van der Waals surface area (Å²) in [6, 6.07) is 16.5. The molecule has 1 heterocycles. The van der Waals surface area contributed by atoms with Crippen LogP contribution in [0.1, 0.15) is 17.5 Å². The van der Waals surface area contributed by atoms with Crippen molar-refractivity contribution in [1.29, 1.82) is 0 Å². The van der Waals surface area contributed by atoms with Crippen LogP contribution in [0.4, 0.5) is 0 Å². The van der Waals surface area contributed by atoms with Gasteiger partial charge in [0.15, 0.2) is 5.96 Å². The van der Waals surface area contributed by atoms with Gasteiger partial charge in [0, 0.05) is 33.2 Å². The summed E-state index contributed by atoms with van der Waals surface area (Å²) in [5.41, 5.74) is 2.61. The van der Waals surface area contributed by atoms with Crippen molar-refractivity contribution in [3.8, 4) is 11.5 Å². The molecule has 2 aromatic carbocycles. The molecular weight excluding hydrogens is 402 g/mol. The Morgan fingerprint density at radius 2 is 1.62 bits per heavy atom. The van der Waals surface area contributed by atoms with E-state index in [1.165, 1.54) is 30.6 Å². The molecule has 2 N–H and O–H groups in total. The predicted molar refractivity (Wildman–Crippen MR) is 131 cm³/mol. The lowest BCUT2D eigenvalue weighted by Gasteiger charge is -2.20. The van der Waals surface area contributed by atoms with E-state index in [2.05, 4.69) is 56.7 Å². The van der Waals surface area contributed by atoms with E-state index < -0.39 is 0 Å². The highest BCUT2D eigenvalue weighted by Crippen LogP contribution is 2.16. The monoisotopic (exact) mass is 439 g/mol. The maximum atomic E-state index is 5.74. The number of aliphatic imine (C=N–C) groups is 1. The number of methoxy groups -OCH3 is 1. The molecule has 1 aliphatic heterocycles. The second-order valence-electron chi connectivity index (χ2n) is 8.13. The number of hydrogen-bond acceptors (Lipinski definition) is 5. The fourth-order valence-corrected chi connectivity index (χ4v) is 3.70. The third-order valence-electron chi connectivity index (χ3n) is 5.65. The average Bonchev–Trinajstić information content (AvgIpc) is 3.03. The van der Waals surface area contributed by atoms with E-state index in [9.17, 15) is 0 Å². The maximum absolute atomic E-state index is 5.74. The van der Waals surface area contributed by atoms with Gasteiger partial charge in [0.1, 0.15) is 18.1 Å². The Hall–Kier alpha value is -2.77. The van der Waals surface area contributed by atoms with Crippen LogP contribution in [0.25, 0.3) is 0 Å². The van der Waals surface area contributed by atoms with Gasteiger partial charge in [0.25, 0.3) is 0 Å². The molecule has 0 aromatic heterocycles. The van der Waals surface area contributed by atoms with Gasteiger partial charge in [-0.05, 0) is 62.0 Å². The molecular formula is C25H37N5O2. The fraction of sp³-hybridized carbons (Fsp3) is 0.480. The van der Waals surface area contributed by atoms with Crippen LogP contribution in [0, 0.1) is 0 Å². The van der Waals surface area contributed by atoms with E-state index in [-0.39, 0.29) is 0 Å². The smallest absolute Gasteiger partial charge is 0.191 e. The van der Waals surface area contributed by atoms with Crippen LogP contribution in [0.5, 0.6) is 11.5 Å². The van der Waals surface area contributed by atoms with Gasteiger partial charge in [-0.25, -0.2) is 0 Å². The van der Waals surface area contributed by atoms with Crippen LogP contribution in [0.15, 0.2) is 53.5 Å². The lowest BCUT2D eigenvalue weighted by molar-refractivity contribution is 0.269. The Balaban J connectivity index is 1.35. The molecule has 1 fully saturated rings. The summed E-state index contributed by atoms with van der Waals surface area (Å²) in [5, 5.41) is 6.65. The summed E-state index contributed by atoms with van der Waals surface area (Å²) in [6.07, 6.45) is 1.25. The predicted octanol–water partition coefficient (Wildman–Crippen LogP) is 2.58. The zero-order valence-electron chi connectivity index (χ0n) is 19.6. The molecule has 1 aliphatic rings. The molecule has 0 aliphatic carbocycles. The molecule has 0 radical (unpaired) electrons. The molecule has 0 spiro atoms. The highest BCUT2D eigenvalue weighted by molar-refractivity contribution is 5.79. The fourth-order valence-electron chi connectivity index (χ4n) is 3.70. The molecule has 0 saturated carbocycles. The topological polar surface area (TPSA) is 61.4 Å². The summed E-state index contributed by atoms with van der Waals surface area (Å²) in [4.78, 5) is 9.26. The van der Waals surface area contributed by atoms with Crippen LogP contribution in [0.2, 0.25) is 0 Å². The molecule has 7 heteroatoms. The molecule has 0 atom stereocenters. The van der Waals surface area contributed by atoms with Crippen LogP contribution in [0.3, 0.4) is 0 Å². The van der Waals surface area contributed by atoms with Crippen LogP contribution in [-0.4, -0.2) is 76.3 Å². The molecule has 3 rings (SSSR count). The van der Waals surface area contributed by atoms with Gasteiger partial charge < -0.3 is 25.0 Å². The summed E-state index contributed by atoms with van der Waals surface area (Å²) < 4.78 is 10.9. The van der Waals surface area contributed by atoms with Gasteiger partial charge in [-0.2, -0.15) is 0 Å². The lowest BCUT2D eigenvalue weighted by atomic mass is 10.1. The van der Waals surface area contributed by atoms with Gasteiger partial charge in [-0.15, -0.1) is 0 Å². The minimum Gasteiger partial charge on any atom is -0.497 e. The summed E-state index contributed by atoms with van der Waals surface area (Å²) in [5.74, 6) is 2.41. The molecule has 2 aromatic rings. The van der Waals surface area contributed by atoms with Crippen molar-refractivity contribution in [3.05, 3.63) is 59.7 Å².